The van der Waals surface area contributed by atoms with Gasteiger partial charge in [-0.3, -0.25) is 9.36 Å². The summed E-state index contributed by atoms with van der Waals surface area (Å²) in [5.74, 6) is 0.610. The Bertz CT molecular complexity index is 1180. The normalized spacial score (nSPS) is 13.5. The summed E-state index contributed by atoms with van der Waals surface area (Å²) in [4.78, 5) is 22.9. The molecule has 6 nitrogen and oxygen atoms in total. The maximum absolute atomic E-state index is 12.7. The molecule has 0 aromatic heterocycles. The third-order valence-corrected chi connectivity index (χ3v) is 8.05. The highest BCUT2D eigenvalue weighted by molar-refractivity contribution is 7.61. The Hall–Kier alpha value is -2.92. The average molecular weight is 538 g/mol. The predicted octanol–water partition coefficient (Wildman–Crippen LogP) is 7.97. The highest BCUT2D eigenvalue weighted by Crippen LogP contribution is 2.42. The molecule has 3 aromatic carbocycles. The van der Waals surface area contributed by atoms with Gasteiger partial charge in [0.1, 0.15) is 5.75 Å². The molecule has 0 fully saturated rings. The van der Waals surface area contributed by atoms with E-state index in [0.29, 0.717) is 17.7 Å². The van der Waals surface area contributed by atoms with Gasteiger partial charge in [-0.2, -0.15) is 0 Å². The molecule has 2 unspecified atom stereocenters. The molecule has 1 amide bonds. The van der Waals surface area contributed by atoms with Crippen LogP contribution >= 0.6 is 7.60 Å². The lowest BCUT2D eigenvalue weighted by Gasteiger charge is -2.17. The number of anilines is 1. The van der Waals surface area contributed by atoms with Crippen molar-refractivity contribution in [1.29, 1.82) is 0 Å². The van der Waals surface area contributed by atoms with Crippen LogP contribution in [0.2, 0.25) is 0 Å². The summed E-state index contributed by atoms with van der Waals surface area (Å²) in [5, 5.41) is 3.02. The summed E-state index contributed by atoms with van der Waals surface area (Å²) >= 11 is 0. The van der Waals surface area contributed by atoms with Crippen molar-refractivity contribution in [1.82, 2.24) is 0 Å². The Morgan fingerprint density at radius 2 is 1.42 bits per heavy atom. The lowest BCUT2D eigenvalue weighted by atomic mass is 10.0. The maximum Gasteiger partial charge on any atom is 0.359 e. The minimum atomic E-state index is -3.90. The van der Waals surface area contributed by atoms with Gasteiger partial charge in [0.05, 0.1) is 18.0 Å². The van der Waals surface area contributed by atoms with Gasteiger partial charge in [-0.15, -0.1) is 0 Å². The van der Waals surface area contributed by atoms with Crippen molar-refractivity contribution < 1.29 is 23.5 Å². The summed E-state index contributed by atoms with van der Waals surface area (Å²) in [6.45, 7) is 6.61. The molecule has 0 heterocycles. The SMILES string of the molecule is CCCCCCCCOc1ccc(-c2ccc(C(=O)Nc3ccc(P(=O)(O)OC(C)CC)cc3)cc2)cc1. The van der Waals surface area contributed by atoms with E-state index in [1.807, 2.05) is 43.3 Å². The predicted molar refractivity (Wildman–Crippen MR) is 155 cm³/mol. The molecule has 0 radical (unpaired) electrons. The Kier molecular flexibility index (Phi) is 11.6. The van der Waals surface area contributed by atoms with Crippen LogP contribution in [0.5, 0.6) is 5.75 Å². The van der Waals surface area contributed by atoms with Gasteiger partial charge in [0.15, 0.2) is 0 Å². The van der Waals surface area contributed by atoms with Crippen molar-refractivity contribution in [2.24, 2.45) is 0 Å². The second kappa shape index (κ2) is 14.9. The van der Waals surface area contributed by atoms with Crippen LogP contribution in [0.15, 0.2) is 72.8 Å². The van der Waals surface area contributed by atoms with Crippen molar-refractivity contribution in [2.75, 3.05) is 11.9 Å². The van der Waals surface area contributed by atoms with Gasteiger partial charge in [0, 0.05) is 11.3 Å². The second-order valence-corrected chi connectivity index (χ2v) is 11.3. The smallest absolute Gasteiger partial charge is 0.359 e. The summed E-state index contributed by atoms with van der Waals surface area (Å²) in [6.07, 6.45) is 7.76. The fraction of sp³-hybridized carbons (Fsp3) is 0.387. The number of ether oxygens (including phenoxy) is 1. The fourth-order valence-electron chi connectivity index (χ4n) is 3.95. The van der Waals surface area contributed by atoms with Gasteiger partial charge in [-0.25, -0.2) is 0 Å². The van der Waals surface area contributed by atoms with Crippen molar-refractivity contribution in [3.8, 4) is 16.9 Å². The lowest BCUT2D eigenvalue weighted by Crippen LogP contribution is -2.14. The monoisotopic (exact) mass is 537 g/mol. The van der Waals surface area contributed by atoms with Gasteiger partial charge in [0.25, 0.3) is 5.91 Å². The standard InChI is InChI=1S/C31H40NO5P/c1-4-6-7-8-9-10-23-36-29-19-15-26(16-20-29)25-11-13-27(14-12-25)31(33)32-28-17-21-30(22-18-28)38(34,35)37-24(3)5-2/h11-22,24H,4-10,23H2,1-3H3,(H,32,33)(H,34,35). The van der Waals surface area contributed by atoms with Crippen LogP contribution in [0.3, 0.4) is 0 Å². The first kappa shape index (κ1) is 29.6. The van der Waals surface area contributed by atoms with Crippen LogP contribution in [0.1, 0.15) is 76.1 Å². The molecule has 38 heavy (non-hydrogen) atoms. The van der Waals surface area contributed by atoms with E-state index in [1.54, 1.807) is 31.2 Å². The first-order valence-corrected chi connectivity index (χ1v) is 15.2. The van der Waals surface area contributed by atoms with Crippen molar-refractivity contribution in [3.05, 3.63) is 78.4 Å². The molecule has 0 spiro atoms. The zero-order valence-corrected chi connectivity index (χ0v) is 23.6. The molecular weight excluding hydrogens is 497 g/mol. The van der Waals surface area contributed by atoms with Gasteiger partial charge < -0.3 is 19.5 Å². The largest absolute Gasteiger partial charge is 0.494 e. The quantitative estimate of drug-likeness (QED) is 0.152. The van der Waals surface area contributed by atoms with Crippen LogP contribution in [-0.4, -0.2) is 23.5 Å². The highest BCUT2D eigenvalue weighted by Gasteiger charge is 2.25. The summed E-state index contributed by atoms with van der Waals surface area (Å²) in [5.41, 5.74) is 3.11. The van der Waals surface area contributed by atoms with E-state index in [1.165, 1.54) is 44.2 Å². The number of amides is 1. The molecule has 0 saturated carbocycles. The minimum absolute atomic E-state index is 0.193. The molecule has 0 aliphatic carbocycles. The zero-order valence-electron chi connectivity index (χ0n) is 22.7. The van der Waals surface area contributed by atoms with Crippen LogP contribution in [0.25, 0.3) is 11.1 Å². The van der Waals surface area contributed by atoms with Gasteiger partial charge in [0.2, 0.25) is 0 Å². The molecular formula is C31H40NO5P. The number of unbranched alkanes of at least 4 members (excludes halogenated alkanes) is 5. The van der Waals surface area contributed by atoms with E-state index >= 15 is 0 Å². The third-order valence-electron chi connectivity index (χ3n) is 6.45. The zero-order chi connectivity index (χ0) is 27.4. The highest BCUT2D eigenvalue weighted by atomic mass is 31.2. The summed E-state index contributed by atoms with van der Waals surface area (Å²) < 4.78 is 23.6. The molecule has 7 heteroatoms. The second-order valence-electron chi connectivity index (χ2n) is 9.56. The molecule has 3 aromatic rings. The molecule has 0 aliphatic rings. The van der Waals surface area contributed by atoms with Crippen LogP contribution < -0.4 is 15.4 Å². The average Bonchev–Trinajstić information content (AvgIpc) is 2.93. The van der Waals surface area contributed by atoms with Crippen molar-refractivity contribution in [2.45, 2.75) is 71.8 Å². The van der Waals surface area contributed by atoms with Crippen molar-refractivity contribution >= 4 is 24.5 Å². The third kappa shape index (κ3) is 9.13. The van der Waals surface area contributed by atoms with Crippen LogP contribution in [0.4, 0.5) is 5.69 Å². The van der Waals surface area contributed by atoms with E-state index < -0.39 is 7.60 Å². The molecule has 0 aliphatic heterocycles. The van der Waals surface area contributed by atoms with Crippen LogP contribution in [-0.2, 0) is 9.09 Å². The van der Waals surface area contributed by atoms with Gasteiger partial charge in [-0.1, -0.05) is 70.2 Å². The number of rotatable bonds is 15. The molecule has 2 N–H and O–H groups in total. The fourth-order valence-corrected chi connectivity index (χ4v) is 5.23. The van der Waals surface area contributed by atoms with Crippen LogP contribution in [0, 0.1) is 0 Å². The molecule has 0 saturated heterocycles. The van der Waals surface area contributed by atoms with Crippen molar-refractivity contribution in [3.63, 3.8) is 0 Å². The van der Waals surface area contributed by atoms with E-state index in [4.69, 9.17) is 9.26 Å². The first-order valence-electron chi connectivity index (χ1n) is 13.6. The van der Waals surface area contributed by atoms with E-state index in [9.17, 15) is 14.3 Å². The molecule has 204 valence electrons. The Morgan fingerprint density at radius 1 is 0.842 bits per heavy atom. The number of carbonyl (C=O) groups is 1. The molecule has 2 atom stereocenters. The maximum atomic E-state index is 12.7. The topological polar surface area (TPSA) is 84.9 Å². The van der Waals surface area contributed by atoms with E-state index in [0.717, 1.165) is 29.9 Å². The lowest BCUT2D eigenvalue weighted by molar-refractivity contribution is 0.102. The number of benzene rings is 3. The molecule has 0 bridgehead atoms. The Labute approximate surface area is 226 Å². The Morgan fingerprint density at radius 3 is 2.03 bits per heavy atom. The summed E-state index contributed by atoms with van der Waals surface area (Å²) in [6, 6.07) is 21.6. The Balaban J connectivity index is 1.51. The van der Waals surface area contributed by atoms with E-state index in [2.05, 4.69) is 12.2 Å². The number of hydrogen-bond donors (Lipinski definition) is 2. The van der Waals surface area contributed by atoms with Gasteiger partial charge in [-0.05, 0) is 79.4 Å². The first-order chi connectivity index (χ1) is 18.3. The number of nitrogens with one attached hydrogen (secondary N) is 1. The minimum Gasteiger partial charge on any atom is -0.494 e. The number of hydrogen-bond acceptors (Lipinski definition) is 4. The summed E-state index contributed by atoms with van der Waals surface area (Å²) in [7, 11) is -3.90. The van der Waals surface area contributed by atoms with Gasteiger partial charge >= 0.3 is 7.60 Å². The number of carbonyl (C=O) groups excluding carboxylic acids is 1. The van der Waals surface area contributed by atoms with E-state index in [-0.39, 0.29) is 17.3 Å². The molecule has 3 rings (SSSR count).